The van der Waals surface area contributed by atoms with Crippen molar-refractivity contribution in [1.29, 1.82) is 0 Å². The van der Waals surface area contributed by atoms with Gasteiger partial charge in [0.1, 0.15) is 5.75 Å². The zero-order chi connectivity index (χ0) is 16.2. The Labute approximate surface area is 136 Å². The van der Waals surface area contributed by atoms with Gasteiger partial charge in [-0.15, -0.1) is 0 Å². The van der Waals surface area contributed by atoms with E-state index in [4.69, 9.17) is 10.5 Å². The molecule has 4 nitrogen and oxygen atoms in total. The van der Waals surface area contributed by atoms with Crippen LogP contribution in [0.2, 0.25) is 0 Å². The molecule has 1 unspecified atom stereocenters. The minimum Gasteiger partial charge on any atom is -0.496 e. The fourth-order valence-electron chi connectivity index (χ4n) is 2.82. The van der Waals surface area contributed by atoms with Gasteiger partial charge in [0.05, 0.1) is 12.8 Å². The normalized spacial score (nSPS) is 12.1. The summed E-state index contributed by atoms with van der Waals surface area (Å²) in [6, 6.07) is 18.3. The highest BCUT2D eigenvalue weighted by Gasteiger charge is 2.19. The topological polar surface area (TPSA) is 63.9 Å². The first-order valence-electron chi connectivity index (χ1n) is 7.68. The highest BCUT2D eigenvalue weighted by molar-refractivity contribution is 5.59. The summed E-state index contributed by atoms with van der Waals surface area (Å²) in [5.41, 5.74) is 11.3. The number of methoxy groups -OCH3 is 1. The Morgan fingerprint density at radius 3 is 2.61 bits per heavy atom. The Balaban J connectivity index is 1.99. The van der Waals surface area contributed by atoms with Gasteiger partial charge in [0.25, 0.3) is 0 Å². The summed E-state index contributed by atoms with van der Waals surface area (Å²) in [7, 11) is 1.68. The molecule has 0 amide bonds. The van der Waals surface area contributed by atoms with Gasteiger partial charge in [-0.25, -0.2) is 0 Å². The van der Waals surface area contributed by atoms with Crippen molar-refractivity contribution in [3.63, 3.8) is 0 Å². The van der Waals surface area contributed by atoms with Gasteiger partial charge < -0.3 is 10.5 Å². The van der Waals surface area contributed by atoms with Gasteiger partial charge in [-0.3, -0.25) is 5.10 Å². The van der Waals surface area contributed by atoms with E-state index in [0.29, 0.717) is 6.54 Å². The minimum atomic E-state index is 0.0230. The molecule has 4 heteroatoms. The largest absolute Gasteiger partial charge is 0.496 e. The summed E-state index contributed by atoms with van der Waals surface area (Å²) in [5.74, 6) is 0.872. The van der Waals surface area contributed by atoms with Crippen LogP contribution in [0.5, 0.6) is 5.75 Å². The van der Waals surface area contributed by atoms with Crippen molar-refractivity contribution >= 4 is 0 Å². The molecular weight excluding hydrogens is 286 g/mol. The molecule has 3 rings (SSSR count). The van der Waals surface area contributed by atoms with Crippen LogP contribution in [0, 0.1) is 6.92 Å². The lowest BCUT2D eigenvalue weighted by atomic mass is 9.93. The number of rotatable bonds is 5. The number of benzene rings is 2. The summed E-state index contributed by atoms with van der Waals surface area (Å²) >= 11 is 0. The van der Waals surface area contributed by atoms with E-state index in [-0.39, 0.29) is 5.92 Å². The molecule has 3 aromatic rings. The van der Waals surface area contributed by atoms with E-state index < -0.39 is 0 Å². The van der Waals surface area contributed by atoms with E-state index in [9.17, 15) is 0 Å². The van der Waals surface area contributed by atoms with Crippen LogP contribution in [-0.2, 0) is 0 Å². The van der Waals surface area contributed by atoms with Crippen molar-refractivity contribution in [3.05, 3.63) is 71.4 Å². The van der Waals surface area contributed by atoms with Crippen LogP contribution in [-0.4, -0.2) is 23.9 Å². The Hall–Kier alpha value is -2.59. The van der Waals surface area contributed by atoms with Crippen LogP contribution in [0.25, 0.3) is 11.3 Å². The van der Waals surface area contributed by atoms with Gasteiger partial charge in [0.2, 0.25) is 0 Å². The number of aromatic amines is 1. The van der Waals surface area contributed by atoms with E-state index in [1.54, 1.807) is 7.11 Å². The number of hydrogen-bond donors (Lipinski definition) is 2. The van der Waals surface area contributed by atoms with Crippen molar-refractivity contribution in [2.45, 2.75) is 12.8 Å². The summed E-state index contributed by atoms with van der Waals surface area (Å²) in [6.45, 7) is 2.55. The van der Waals surface area contributed by atoms with Crippen LogP contribution in [0.1, 0.15) is 22.7 Å². The van der Waals surface area contributed by atoms with E-state index in [0.717, 1.165) is 28.3 Å². The maximum atomic E-state index is 6.06. The standard InChI is InChI=1S/C19H21N3O/c1-13-8-9-19(23-2)15(10-13)16(12-20)18-11-17(21-22-18)14-6-4-3-5-7-14/h3-11,16H,12,20H2,1-2H3,(H,21,22). The molecular formula is C19H21N3O. The summed E-state index contributed by atoms with van der Waals surface area (Å²) in [4.78, 5) is 0. The molecule has 0 bridgehead atoms. The molecule has 1 aromatic heterocycles. The van der Waals surface area contributed by atoms with Gasteiger partial charge in [-0.2, -0.15) is 5.10 Å². The summed E-state index contributed by atoms with van der Waals surface area (Å²) in [6.07, 6.45) is 0. The molecule has 3 N–H and O–H groups in total. The van der Waals surface area contributed by atoms with E-state index >= 15 is 0 Å². The van der Waals surface area contributed by atoms with Crippen LogP contribution in [0.15, 0.2) is 54.6 Å². The number of nitrogens with two attached hydrogens (primary N) is 1. The maximum Gasteiger partial charge on any atom is 0.122 e. The lowest BCUT2D eigenvalue weighted by Crippen LogP contribution is -2.15. The Kier molecular flexibility index (Phi) is 4.44. The lowest BCUT2D eigenvalue weighted by Gasteiger charge is -2.17. The van der Waals surface area contributed by atoms with Gasteiger partial charge in [-0.1, -0.05) is 48.0 Å². The summed E-state index contributed by atoms with van der Waals surface area (Å²) in [5, 5.41) is 7.58. The van der Waals surface area contributed by atoms with Gasteiger partial charge in [-0.05, 0) is 19.1 Å². The van der Waals surface area contributed by atoms with Crippen molar-refractivity contribution in [1.82, 2.24) is 10.2 Å². The second kappa shape index (κ2) is 6.67. The Bertz CT molecular complexity index is 780. The second-order valence-corrected chi connectivity index (χ2v) is 5.61. The zero-order valence-electron chi connectivity index (χ0n) is 13.4. The van der Waals surface area contributed by atoms with E-state index in [1.807, 2.05) is 42.5 Å². The number of nitrogens with zero attached hydrogens (tertiary/aromatic N) is 1. The zero-order valence-corrected chi connectivity index (χ0v) is 13.4. The molecule has 0 spiro atoms. The average Bonchev–Trinajstić information content (AvgIpc) is 3.06. The molecule has 0 saturated heterocycles. The van der Waals surface area contributed by atoms with Crippen LogP contribution >= 0.6 is 0 Å². The third-order valence-corrected chi connectivity index (χ3v) is 4.04. The first kappa shape index (κ1) is 15.3. The molecule has 0 aliphatic carbocycles. The average molecular weight is 307 g/mol. The molecule has 1 atom stereocenters. The monoisotopic (exact) mass is 307 g/mol. The third-order valence-electron chi connectivity index (χ3n) is 4.04. The Morgan fingerprint density at radius 1 is 1.13 bits per heavy atom. The Morgan fingerprint density at radius 2 is 1.91 bits per heavy atom. The molecule has 23 heavy (non-hydrogen) atoms. The number of H-pyrrole nitrogens is 1. The molecule has 0 aliphatic heterocycles. The van der Waals surface area contributed by atoms with Crippen LogP contribution in [0.3, 0.4) is 0 Å². The highest BCUT2D eigenvalue weighted by atomic mass is 16.5. The molecule has 1 heterocycles. The minimum absolute atomic E-state index is 0.0230. The predicted molar refractivity (Wildman–Crippen MR) is 92.7 cm³/mol. The van der Waals surface area contributed by atoms with Crippen molar-refractivity contribution in [2.24, 2.45) is 5.73 Å². The number of hydrogen-bond acceptors (Lipinski definition) is 3. The first-order chi connectivity index (χ1) is 11.2. The maximum absolute atomic E-state index is 6.06. The second-order valence-electron chi connectivity index (χ2n) is 5.61. The molecule has 0 saturated carbocycles. The molecule has 118 valence electrons. The van der Waals surface area contributed by atoms with Crippen molar-refractivity contribution in [2.75, 3.05) is 13.7 Å². The fraction of sp³-hybridized carbons (Fsp3) is 0.211. The van der Waals surface area contributed by atoms with Crippen molar-refractivity contribution < 1.29 is 4.74 Å². The van der Waals surface area contributed by atoms with Crippen LogP contribution in [0.4, 0.5) is 0 Å². The number of aromatic nitrogens is 2. The van der Waals surface area contributed by atoms with Gasteiger partial charge >= 0.3 is 0 Å². The van der Waals surface area contributed by atoms with Crippen molar-refractivity contribution in [3.8, 4) is 17.0 Å². The van der Waals surface area contributed by atoms with E-state index in [2.05, 4.69) is 29.3 Å². The molecule has 0 fully saturated rings. The third kappa shape index (κ3) is 3.12. The first-order valence-corrected chi connectivity index (χ1v) is 7.68. The van der Waals surface area contributed by atoms with Gasteiger partial charge in [0.15, 0.2) is 0 Å². The molecule has 0 aliphatic rings. The SMILES string of the molecule is COc1ccc(C)cc1C(CN)c1cc(-c2ccccc2)n[nH]1. The molecule has 0 radical (unpaired) electrons. The lowest BCUT2D eigenvalue weighted by molar-refractivity contribution is 0.407. The quantitative estimate of drug-likeness (QED) is 0.758. The predicted octanol–water partition coefficient (Wildman–Crippen LogP) is 3.48. The smallest absolute Gasteiger partial charge is 0.122 e. The van der Waals surface area contributed by atoms with Gasteiger partial charge in [0, 0.05) is 29.3 Å². The van der Waals surface area contributed by atoms with E-state index in [1.165, 1.54) is 5.56 Å². The van der Waals surface area contributed by atoms with Crippen LogP contribution < -0.4 is 10.5 Å². The molecule has 2 aromatic carbocycles. The number of aryl methyl sites for hydroxylation is 1. The number of nitrogens with one attached hydrogen (secondary N) is 1. The summed E-state index contributed by atoms with van der Waals surface area (Å²) < 4.78 is 5.51. The number of ether oxygens (including phenoxy) is 1. The fourth-order valence-corrected chi connectivity index (χ4v) is 2.82. The highest BCUT2D eigenvalue weighted by Crippen LogP contribution is 2.32.